The van der Waals surface area contributed by atoms with E-state index in [1.165, 1.54) is 24.0 Å². The molecule has 3 nitrogen and oxygen atoms in total. The number of carbonyl (C=O) groups is 1. The van der Waals surface area contributed by atoms with E-state index in [9.17, 15) is 9.90 Å². The molecule has 4 heteroatoms. The quantitative estimate of drug-likeness (QED) is 0.377. The van der Waals surface area contributed by atoms with E-state index in [-0.39, 0.29) is 5.78 Å². The summed E-state index contributed by atoms with van der Waals surface area (Å²) >= 11 is 0. The van der Waals surface area contributed by atoms with Crippen molar-refractivity contribution in [2.45, 2.75) is 117 Å². The Labute approximate surface area is 184 Å². The molecule has 3 aliphatic rings. The van der Waals surface area contributed by atoms with Crippen LogP contribution in [0.3, 0.4) is 0 Å². The summed E-state index contributed by atoms with van der Waals surface area (Å²) in [5.41, 5.74) is 5.43. The fraction of sp³-hybridized carbons (Fsp3) is 0.731. The third kappa shape index (κ3) is 3.79. The number of ketones is 1. The van der Waals surface area contributed by atoms with Gasteiger partial charge in [0.15, 0.2) is 5.78 Å². The number of aliphatic hydroxyl groups excluding tert-OH is 1. The van der Waals surface area contributed by atoms with Crippen molar-refractivity contribution >= 4 is 14.1 Å². The molecule has 168 valence electrons. The average molecular weight is 431 g/mol. The Balaban J connectivity index is 2.09. The highest BCUT2D eigenvalue weighted by molar-refractivity contribution is 6.77. The van der Waals surface area contributed by atoms with Crippen LogP contribution in [0.5, 0.6) is 0 Å². The van der Waals surface area contributed by atoms with Crippen LogP contribution in [0.25, 0.3) is 0 Å². The van der Waals surface area contributed by atoms with Crippen molar-refractivity contribution in [3.63, 3.8) is 0 Å². The van der Waals surface area contributed by atoms with Gasteiger partial charge in [-0.15, -0.1) is 0 Å². The molecule has 3 aliphatic carbocycles. The molecule has 1 unspecified atom stereocenters. The Kier molecular flexibility index (Phi) is 6.61. The molecule has 0 spiro atoms. The van der Waals surface area contributed by atoms with Crippen LogP contribution in [-0.4, -0.2) is 25.3 Å². The molecule has 0 aliphatic heterocycles. The van der Waals surface area contributed by atoms with Gasteiger partial charge in [-0.1, -0.05) is 66.5 Å². The van der Waals surface area contributed by atoms with Gasteiger partial charge in [-0.3, -0.25) is 4.79 Å². The SMILES string of the molecule is CC(C)[Si](OC1=CC2=C(C(=O)CC3=C(CCCC3)C2)C(C)(C)C1O)(C(C)C)C(C)C. The van der Waals surface area contributed by atoms with Gasteiger partial charge in [0.1, 0.15) is 11.9 Å². The van der Waals surface area contributed by atoms with Gasteiger partial charge in [0, 0.05) is 17.4 Å². The fourth-order valence-corrected chi connectivity index (χ4v) is 11.8. The van der Waals surface area contributed by atoms with Gasteiger partial charge in [-0.2, -0.15) is 0 Å². The molecule has 1 atom stereocenters. The molecule has 0 saturated carbocycles. The Bertz CT molecular complexity index is 773. The van der Waals surface area contributed by atoms with Crippen molar-refractivity contribution in [2.75, 3.05) is 0 Å². The number of hydrogen-bond acceptors (Lipinski definition) is 3. The van der Waals surface area contributed by atoms with E-state index >= 15 is 0 Å². The van der Waals surface area contributed by atoms with Crippen LogP contribution < -0.4 is 0 Å². The van der Waals surface area contributed by atoms with Crippen LogP contribution in [-0.2, 0) is 9.22 Å². The van der Waals surface area contributed by atoms with Gasteiger partial charge >= 0.3 is 0 Å². The smallest absolute Gasteiger partial charge is 0.258 e. The summed E-state index contributed by atoms with van der Waals surface area (Å²) in [5, 5.41) is 11.4. The van der Waals surface area contributed by atoms with Crippen LogP contribution >= 0.6 is 0 Å². The van der Waals surface area contributed by atoms with Crippen molar-refractivity contribution in [3.05, 3.63) is 34.1 Å². The standard InChI is InChI=1S/C26H42O3Si/c1-16(2)30(17(3)4,18(5)6)29-23-15-21-13-19-11-9-10-12-20(19)14-22(27)24(21)26(7,8)25(23)28/h15-18,25,28H,9-14H2,1-8H3. The first-order valence-corrected chi connectivity index (χ1v) is 14.1. The number of aliphatic hydroxyl groups is 1. The highest BCUT2D eigenvalue weighted by Gasteiger charge is 2.51. The number of hydrogen-bond donors (Lipinski definition) is 1. The van der Waals surface area contributed by atoms with Crippen molar-refractivity contribution < 1.29 is 14.3 Å². The van der Waals surface area contributed by atoms with E-state index in [0.717, 1.165) is 30.4 Å². The molecule has 1 N–H and O–H groups in total. The Morgan fingerprint density at radius 2 is 1.47 bits per heavy atom. The minimum atomic E-state index is -2.19. The zero-order valence-corrected chi connectivity index (χ0v) is 21.4. The monoisotopic (exact) mass is 430 g/mol. The molecule has 30 heavy (non-hydrogen) atoms. The lowest BCUT2D eigenvalue weighted by Crippen LogP contribution is -2.50. The fourth-order valence-electron chi connectivity index (χ4n) is 6.52. The summed E-state index contributed by atoms with van der Waals surface area (Å²) in [7, 11) is -2.19. The Hall–Kier alpha value is -1.13. The summed E-state index contributed by atoms with van der Waals surface area (Å²) in [6, 6.07) is 0. The molecular weight excluding hydrogens is 388 g/mol. The van der Waals surface area contributed by atoms with E-state index in [1.807, 2.05) is 13.8 Å². The molecule has 0 radical (unpaired) electrons. The summed E-state index contributed by atoms with van der Waals surface area (Å²) in [4.78, 5) is 13.3. The lowest BCUT2D eigenvalue weighted by molar-refractivity contribution is -0.116. The normalized spacial score (nSPS) is 24.9. The molecule has 0 aromatic rings. The van der Waals surface area contributed by atoms with Gasteiger partial charge < -0.3 is 9.53 Å². The molecule has 0 aromatic carbocycles. The second kappa shape index (κ2) is 8.42. The molecular formula is C26H42O3Si. The molecule has 0 saturated heterocycles. The van der Waals surface area contributed by atoms with Crippen LogP contribution in [0.1, 0.15) is 93.9 Å². The van der Waals surface area contributed by atoms with Crippen molar-refractivity contribution in [1.29, 1.82) is 0 Å². The highest BCUT2D eigenvalue weighted by Crippen LogP contribution is 2.50. The molecule has 0 amide bonds. The lowest BCUT2D eigenvalue weighted by Gasteiger charge is -2.46. The molecule has 3 rings (SSSR count). The average Bonchev–Trinajstić information content (AvgIpc) is 2.78. The summed E-state index contributed by atoms with van der Waals surface area (Å²) in [5.74, 6) is 0.908. The minimum absolute atomic E-state index is 0.205. The van der Waals surface area contributed by atoms with E-state index in [4.69, 9.17) is 4.43 Å². The van der Waals surface area contributed by atoms with Gasteiger partial charge in [-0.05, 0) is 60.4 Å². The second-order valence-corrected chi connectivity index (χ2v) is 16.6. The van der Waals surface area contributed by atoms with Crippen LogP contribution in [0.4, 0.5) is 0 Å². The third-order valence-corrected chi connectivity index (χ3v) is 14.0. The first-order chi connectivity index (χ1) is 13.9. The minimum Gasteiger partial charge on any atom is -0.544 e. The van der Waals surface area contributed by atoms with Crippen molar-refractivity contribution in [3.8, 4) is 0 Å². The Morgan fingerprint density at radius 1 is 0.967 bits per heavy atom. The summed E-state index contributed by atoms with van der Waals surface area (Å²) in [6.45, 7) is 17.7. The van der Waals surface area contributed by atoms with Gasteiger partial charge in [0.05, 0.1) is 0 Å². The molecule has 0 fully saturated rings. The molecule has 0 bridgehead atoms. The van der Waals surface area contributed by atoms with Gasteiger partial charge in [-0.25, -0.2) is 0 Å². The van der Waals surface area contributed by atoms with Crippen molar-refractivity contribution in [2.24, 2.45) is 5.41 Å². The Morgan fingerprint density at radius 3 is 1.97 bits per heavy atom. The van der Waals surface area contributed by atoms with Crippen LogP contribution in [0, 0.1) is 5.41 Å². The van der Waals surface area contributed by atoms with Gasteiger partial charge in [0.25, 0.3) is 8.32 Å². The first kappa shape index (κ1) is 23.5. The van der Waals surface area contributed by atoms with Crippen molar-refractivity contribution in [1.82, 2.24) is 0 Å². The molecule has 0 aromatic heterocycles. The maximum Gasteiger partial charge on any atom is 0.258 e. The maximum absolute atomic E-state index is 13.3. The van der Waals surface area contributed by atoms with E-state index in [0.29, 0.717) is 28.8 Å². The number of Topliss-reactive ketones (excluding diaryl/α,β-unsaturated/α-hetero) is 1. The number of carbonyl (C=O) groups excluding carboxylic acids is 1. The zero-order valence-electron chi connectivity index (χ0n) is 20.4. The summed E-state index contributed by atoms with van der Waals surface area (Å²) < 4.78 is 6.96. The largest absolute Gasteiger partial charge is 0.544 e. The second-order valence-electron chi connectivity index (χ2n) is 11.2. The maximum atomic E-state index is 13.3. The number of allylic oxidation sites excluding steroid dienone is 4. The first-order valence-electron chi connectivity index (χ1n) is 12.0. The highest BCUT2D eigenvalue weighted by atomic mass is 28.4. The lowest BCUT2D eigenvalue weighted by atomic mass is 9.70. The van der Waals surface area contributed by atoms with Crippen LogP contribution in [0.2, 0.25) is 16.6 Å². The van der Waals surface area contributed by atoms with E-state index in [1.54, 1.807) is 0 Å². The predicted molar refractivity (Wildman–Crippen MR) is 127 cm³/mol. The summed E-state index contributed by atoms with van der Waals surface area (Å²) in [6.07, 6.45) is 7.24. The van der Waals surface area contributed by atoms with E-state index < -0.39 is 19.8 Å². The van der Waals surface area contributed by atoms with Gasteiger partial charge in [0.2, 0.25) is 0 Å². The predicted octanol–water partition coefficient (Wildman–Crippen LogP) is 6.99. The van der Waals surface area contributed by atoms with E-state index in [2.05, 4.69) is 47.6 Å². The van der Waals surface area contributed by atoms with Crippen LogP contribution in [0.15, 0.2) is 34.1 Å². The number of rotatable bonds is 5. The molecule has 0 heterocycles. The topological polar surface area (TPSA) is 46.5 Å². The third-order valence-electron chi connectivity index (χ3n) is 8.00. The zero-order chi connectivity index (χ0) is 22.4.